The Labute approximate surface area is 131 Å². The molecule has 1 aromatic rings. The molecular formula is C16H24N4O2. The van der Waals surface area contributed by atoms with Crippen molar-refractivity contribution < 1.29 is 9.53 Å². The van der Waals surface area contributed by atoms with Crippen LogP contribution in [0.25, 0.3) is 0 Å². The number of ether oxygens (including phenoxy) is 1. The molecule has 0 bridgehead atoms. The van der Waals surface area contributed by atoms with Gasteiger partial charge < -0.3 is 20.3 Å². The lowest BCUT2D eigenvalue weighted by Crippen LogP contribution is -2.52. The maximum absolute atomic E-state index is 12.4. The van der Waals surface area contributed by atoms with Crippen molar-refractivity contribution in [3.05, 3.63) is 24.3 Å². The molecule has 6 heteroatoms. The number of anilines is 2. The first-order chi connectivity index (χ1) is 10.7. The summed E-state index contributed by atoms with van der Waals surface area (Å²) in [5.74, 6) is 0.235. The van der Waals surface area contributed by atoms with Crippen LogP contribution in [-0.2, 0) is 9.53 Å². The van der Waals surface area contributed by atoms with Gasteiger partial charge in [0, 0.05) is 50.6 Å². The predicted molar refractivity (Wildman–Crippen MR) is 86.9 cm³/mol. The monoisotopic (exact) mass is 304 g/mol. The van der Waals surface area contributed by atoms with E-state index in [-0.39, 0.29) is 5.91 Å². The SMILES string of the molecule is Nc1ccc(N2CCN(C(=O)CN3CCOCC3)CC2)cc1. The standard InChI is InChI=1S/C16H24N4O2/c17-14-1-3-15(4-2-14)19-5-7-20(8-6-19)16(21)13-18-9-11-22-12-10-18/h1-4H,5-13,17H2. The Hall–Kier alpha value is -1.79. The Balaban J connectivity index is 1.48. The summed E-state index contributed by atoms with van der Waals surface area (Å²) in [5.41, 5.74) is 7.68. The average Bonchev–Trinajstić information content (AvgIpc) is 2.57. The third-order valence-electron chi connectivity index (χ3n) is 4.35. The van der Waals surface area contributed by atoms with E-state index in [9.17, 15) is 4.79 Å². The molecule has 1 amide bonds. The number of benzene rings is 1. The molecule has 6 nitrogen and oxygen atoms in total. The molecule has 0 radical (unpaired) electrons. The van der Waals surface area contributed by atoms with Crippen molar-refractivity contribution in [3.63, 3.8) is 0 Å². The second kappa shape index (κ2) is 6.98. The van der Waals surface area contributed by atoms with Gasteiger partial charge in [-0.2, -0.15) is 0 Å². The third kappa shape index (κ3) is 3.69. The van der Waals surface area contributed by atoms with Crippen LogP contribution < -0.4 is 10.6 Å². The zero-order chi connectivity index (χ0) is 15.4. The van der Waals surface area contributed by atoms with Crippen molar-refractivity contribution in [2.24, 2.45) is 0 Å². The molecule has 0 unspecified atom stereocenters. The van der Waals surface area contributed by atoms with Gasteiger partial charge in [0.1, 0.15) is 0 Å². The smallest absolute Gasteiger partial charge is 0.236 e. The van der Waals surface area contributed by atoms with Crippen molar-refractivity contribution in [1.82, 2.24) is 9.80 Å². The van der Waals surface area contributed by atoms with E-state index in [1.54, 1.807) is 0 Å². The second-order valence-corrected chi connectivity index (χ2v) is 5.85. The number of carbonyl (C=O) groups excluding carboxylic acids is 1. The van der Waals surface area contributed by atoms with E-state index < -0.39 is 0 Å². The normalized spacial score (nSPS) is 20.2. The highest BCUT2D eigenvalue weighted by Gasteiger charge is 2.23. The minimum Gasteiger partial charge on any atom is -0.399 e. The lowest BCUT2D eigenvalue weighted by Gasteiger charge is -2.37. The minimum absolute atomic E-state index is 0.235. The van der Waals surface area contributed by atoms with Crippen LogP contribution in [0.2, 0.25) is 0 Å². The molecule has 3 rings (SSSR count). The molecule has 0 atom stereocenters. The van der Waals surface area contributed by atoms with E-state index in [1.165, 1.54) is 5.69 Å². The summed E-state index contributed by atoms with van der Waals surface area (Å²) < 4.78 is 5.32. The predicted octanol–water partition coefficient (Wildman–Crippen LogP) is 0.250. The minimum atomic E-state index is 0.235. The van der Waals surface area contributed by atoms with E-state index in [2.05, 4.69) is 9.80 Å². The molecule has 0 aliphatic carbocycles. The number of nitrogens with zero attached hydrogens (tertiary/aromatic N) is 3. The van der Waals surface area contributed by atoms with Gasteiger partial charge in [0.2, 0.25) is 5.91 Å². The van der Waals surface area contributed by atoms with Gasteiger partial charge in [0.05, 0.1) is 19.8 Å². The van der Waals surface area contributed by atoms with Crippen LogP contribution in [0.5, 0.6) is 0 Å². The van der Waals surface area contributed by atoms with Crippen LogP contribution >= 0.6 is 0 Å². The first-order valence-corrected chi connectivity index (χ1v) is 7.91. The van der Waals surface area contributed by atoms with Gasteiger partial charge in [-0.05, 0) is 24.3 Å². The third-order valence-corrected chi connectivity index (χ3v) is 4.35. The summed E-state index contributed by atoms with van der Waals surface area (Å²) >= 11 is 0. The summed E-state index contributed by atoms with van der Waals surface area (Å²) in [5, 5.41) is 0. The van der Waals surface area contributed by atoms with Gasteiger partial charge in [-0.25, -0.2) is 0 Å². The first kappa shape index (κ1) is 15.1. The molecule has 2 heterocycles. The van der Waals surface area contributed by atoms with Gasteiger partial charge in [0.25, 0.3) is 0 Å². The second-order valence-electron chi connectivity index (χ2n) is 5.85. The van der Waals surface area contributed by atoms with Crippen molar-refractivity contribution in [2.45, 2.75) is 0 Å². The summed E-state index contributed by atoms with van der Waals surface area (Å²) in [4.78, 5) is 18.8. The highest BCUT2D eigenvalue weighted by molar-refractivity contribution is 5.78. The van der Waals surface area contributed by atoms with E-state index in [1.807, 2.05) is 29.2 Å². The number of hydrogen-bond donors (Lipinski definition) is 1. The van der Waals surface area contributed by atoms with Gasteiger partial charge >= 0.3 is 0 Å². The Morgan fingerprint density at radius 1 is 1.00 bits per heavy atom. The first-order valence-electron chi connectivity index (χ1n) is 7.91. The maximum atomic E-state index is 12.4. The van der Waals surface area contributed by atoms with Gasteiger partial charge in [-0.1, -0.05) is 0 Å². The van der Waals surface area contributed by atoms with Crippen molar-refractivity contribution in [2.75, 3.05) is 69.7 Å². The number of nitrogen functional groups attached to an aromatic ring is 1. The van der Waals surface area contributed by atoms with Gasteiger partial charge in [-0.15, -0.1) is 0 Å². The maximum Gasteiger partial charge on any atom is 0.236 e. The summed E-state index contributed by atoms with van der Waals surface area (Å²) in [7, 11) is 0. The molecule has 2 N–H and O–H groups in total. The van der Waals surface area contributed by atoms with Crippen LogP contribution in [0, 0.1) is 0 Å². The molecule has 2 aliphatic rings. The largest absolute Gasteiger partial charge is 0.399 e. The van der Waals surface area contributed by atoms with Crippen LogP contribution in [0.4, 0.5) is 11.4 Å². The average molecular weight is 304 g/mol. The van der Waals surface area contributed by atoms with E-state index >= 15 is 0 Å². The number of amides is 1. The summed E-state index contributed by atoms with van der Waals surface area (Å²) in [6.45, 7) is 7.02. The van der Waals surface area contributed by atoms with E-state index in [4.69, 9.17) is 10.5 Å². The zero-order valence-electron chi connectivity index (χ0n) is 12.9. The molecular weight excluding hydrogens is 280 g/mol. The number of rotatable bonds is 3. The van der Waals surface area contributed by atoms with Crippen molar-refractivity contribution in [1.29, 1.82) is 0 Å². The van der Waals surface area contributed by atoms with Crippen LogP contribution in [0.1, 0.15) is 0 Å². The number of carbonyl (C=O) groups is 1. The molecule has 120 valence electrons. The Morgan fingerprint density at radius 2 is 1.64 bits per heavy atom. The number of morpholine rings is 1. The van der Waals surface area contributed by atoms with Gasteiger partial charge in [0.15, 0.2) is 0 Å². The Morgan fingerprint density at radius 3 is 2.27 bits per heavy atom. The van der Waals surface area contributed by atoms with Gasteiger partial charge in [-0.3, -0.25) is 9.69 Å². The van der Waals surface area contributed by atoms with Crippen molar-refractivity contribution >= 4 is 17.3 Å². The molecule has 0 spiro atoms. The number of nitrogens with two attached hydrogens (primary N) is 1. The number of hydrogen-bond acceptors (Lipinski definition) is 5. The quantitative estimate of drug-likeness (QED) is 0.811. The molecule has 2 saturated heterocycles. The number of piperazine rings is 1. The fourth-order valence-electron chi connectivity index (χ4n) is 2.95. The highest BCUT2D eigenvalue weighted by Crippen LogP contribution is 2.18. The van der Waals surface area contributed by atoms with Crippen LogP contribution in [0.3, 0.4) is 0 Å². The molecule has 2 fully saturated rings. The molecule has 22 heavy (non-hydrogen) atoms. The topological polar surface area (TPSA) is 62.0 Å². The van der Waals surface area contributed by atoms with Crippen LogP contribution in [-0.4, -0.2) is 74.7 Å². The molecule has 0 saturated carbocycles. The summed E-state index contributed by atoms with van der Waals surface area (Å²) in [6.07, 6.45) is 0. The van der Waals surface area contributed by atoms with Crippen molar-refractivity contribution in [3.8, 4) is 0 Å². The van der Waals surface area contributed by atoms with Crippen LogP contribution in [0.15, 0.2) is 24.3 Å². The highest BCUT2D eigenvalue weighted by atomic mass is 16.5. The fourth-order valence-corrected chi connectivity index (χ4v) is 2.95. The lowest BCUT2D eigenvalue weighted by molar-refractivity contribution is -0.133. The zero-order valence-corrected chi connectivity index (χ0v) is 12.9. The molecule has 0 aromatic heterocycles. The molecule has 2 aliphatic heterocycles. The fraction of sp³-hybridized carbons (Fsp3) is 0.562. The van der Waals surface area contributed by atoms with E-state index in [0.717, 1.165) is 58.2 Å². The summed E-state index contributed by atoms with van der Waals surface area (Å²) in [6, 6.07) is 7.93. The molecule has 1 aromatic carbocycles. The Kier molecular flexibility index (Phi) is 4.80. The van der Waals surface area contributed by atoms with E-state index in [0.29, 0.717) is 6.54 Å². The lowest BCUT2D eigenvalue weighted by atomic mass is 10.2. The Bertz CT molecular complexity index is 491.